The second-order valence-electron chi connectivity index (χ2n) is 7.56. The first-order chi connectivity index (χ1) is 14.2. The summed E-state index contributed by atoms with van der Waals surface area (Å²) >= 11 is 1.76. The van der Waals surface area contributed by atoms with Gasteiger partial charge in [0.1, 0.15) is 0 Å². The van der Waals surface area contributed by atoms with Crippen LogP contribution in [0.25, 0.3) is 11.3 Å². The van der Waals surface area contributed by atoms with Crippen LogP contribution in [0.1, 0.15) is 41.6 Å². The van der Waals surface area contributed by atoms with E-state index in [0.29, 0.717) is 25.3 Å². The molecule has 0 saturated carbocycles. The van der Waals surface area contributed by atoms with Crippen LogP contribution in [0.15, 0.2) is 52.4 Å². The molecule has 5 nitrogen and oxygen atoms in total. The quantitative estimate of drug-likeness (QED) is 0.591. The zero-order valence-corrected chi connectivity index (χ0v) is 17.6. The lowest BCUT2D eigenvalue weighted by Crippen LogP contribution is -2.36. The van der Waals surface area contributed by atoms with Crippen molar-refractivity contribution >= 4 is 17.2 Å². The van der Waals surface area contributed by atoms with Crippen molar-refractivity contribution in [3.05, 3.63) is 64.3 Å². The van der Waals surface area contributed by atoms with Gasteiger partial charge in [0, 0.05) is 29.8 Å². The van der Waals surface area contributed by atoms with Crippen LogP contribution in [0, 0.1) is 6.92 Å². The SMILES string of the molecule is Cc1ccc(-c2cnc(CCC(=O)NCC(c3cccs3)N3CCCC3)o2)cc1. The molecule has 1 aromatic carbocycles. The van der Waals surface area contributed by atoms with Gasteiger partial charge < -0.3 is 9.73 Å². The minimum absolute atomic E-state index is 0.0424. The number of benzene rings is 1. The number of hydrogen-bond acceptors (Lipinski definition) is 5. The van der Waals surface area contributed by atoms with Crippen molar-refractivity contribution in [2.75, 3.05) is 19.6 Å². The Kier molecular flexibility index (Phi) is 6.42. The van der Waals surface area contributed by atoms with E-state index in [0.717, 1.165) is 24.4 Å². The summed E-state index contributed by atoms with van der Waals surface area (Å²) in [7, 11) is 0. The molecule has 0 radical (unpaired) electrons. The second kappa shape index (κ2) is 9.37. The average Bonchev–Trinajstić information content (AvgIpc) is 3.50. The number of aromatic nitrogens is 1. The third-order valence-corrected chi connectivity index (χ3v) is 6.37. The fraction of sp³-hybridized carbons (Fsp3) is 0.391. The number of rotatable bonds is 8. The van der Waals surface area contributed by atoms with E-state index in [9.17, 15) is 4.79 Å². The molecule has 3 heterocycles. The number of oxazole rings is 1. The van der Waals surface area contributed by atoms with Crippen LogP contribution in [0.2, 0.25) is 0 Å². The third-order valence-electron chi connectivity index (χ3n) is 5.40. The average molecular weight is 410 g/mol. The van der Waals surface area contributed by atoms with Crippen LogP contribution >= 0.6 is 11.3 Å². The van der Waals surface area contributed by atoms with Crippen molar-refractivity contribution in [1.29, 1.82) is 0 Å². The van der Waals surface area contributed by atoms with Gasteiger partial charge >= 0.3 is 0 Å². The molecule has 0 bridgehead atoms. The van der Waals surface area contributed by atoms with E-state index in [4.69, 9.17) is 4.42 Å². The number of amides is 1. The Labute approximate surface area is 175 Å². The number of nitrogens with zero attached hydrogens (tertiary/aromatic N) is 2. The first kappa shape index (κ1) is 19.9. The van der Waals surface area contributed by atoms with Crippen molar-refractivity contribution in [3.8, 4) is 11.3 Å². The highest BCUT2D eigenvalue weighted by Crippen LogP contribution is 2.28. The Hall–Kier alpha value is -2.44. The molecule has 152 valence electrons. The van der Waals surface area contributed by atoms with Gasteiger partial charge in [0.05, 0.1) is 12.2 Å². The van der Waals surface area contributed by atoms with Gasteiger partial charge in [-0.3, -0.25) is 9.69 Å². The molecule has 6 heteroatoms. The minimum Gasteiger partial charge on any atom is -0.441 e. The molecule has 29 heavy (non-hydrogen) atoms. The van der Waals surface area contributed by atoms with Crippen molar-refractivity contribution < 1.29 is 9.21 Å². The normalized spacial score (nSPS) is 15.5. The maximum Gasteiger partial charge on any atom is 0.220 e. The van der Waals surface area contributed by atoms with E-state index in [1.807, 2.05) is 12.1 Å². The maximum absolute atomic E-state index is 12.4. The van der Waals surface area contributed by atoms with Crippen LogP contribution in [0.4, 0.5) is 0 Å². The molecule has 1 aliphatic rings. The van der Waals surface area contributed by atoms with E-state index < -0.39 is 0 Å². The molecule has 1 amide bonds. The Balaban J connectivity index is 1.29. The van der Waals surface area contributed by atoms with Gasteiger partial charge in [-0.15, -0.1) is 11.3 Å². The van der Waals surface area contributed by atoms with E-state index in [-0.39, 0.29) is 11.9 Å². The molecule has 1 aliphatic heterocycles. The van der Waals surface area contributed by atoms with Gasteiger partial charge in [0.2, 0.25) is 5.91 Å². The van der Waals surface area contributed by atoms with E-state index >= 15 is 0 Å². The summed E-state index contributed by atoms with van der Waals surface area (Å²) in [6.07, 6.45) is 5.10. The van der Waals surface area contributed by atoms with Gasteiger partial charge in [-0.25, -0.2) is 4.98 Å². The highest BCUT2D eigenvalue weighted by atomic mass is 32.1. The van der Waals surface area contributed by atoms with Crippen LogP contribution in [0.5, 0.6) is 0 Å². The molecule has 1 fully saturated rings. The molecule has 0 aliphatic carbocycles. The number of likely N-dealkylation sites (tertiary alicyclic amines) is 1. The van der Waals surface area contributed by atoms with Gasteiger partial charge in [-0.1, -0.05) is 35.9 Å². The predicted molar refractivity (Wildman–Crippen MR) is 116 cm³/mol. The van der Waals surface area contributed by atoms with Crippen LogP contribution < -0.4 is 5.32 Å². The summed E-state index contributed by atoms with van der Waals surface area (Å²) in [4.78, 5) is 20.6. The van der Waals surface area contributed by atoms with Gasteiger partial charge in [-0.05, 0) is 44.3 Å². The molecule has 2 aromatic heterocycles. The molecule has 0 spiro atoms. The fourth-order valence-electron chi connectivity index (χ4n) is 3.74. The monoisotopic (exact) mass is 409 g/mol. The first-order valence-corrected chi connectivity index (χ1v) is 11.1. The van der Waals surface area contributed by atoms with Gasteiger partial charge in [0.15, 0.2) is 11.7 Å². The number of aryl methyl sites for hydroxylation is 2. The lowest BCUT2D eigenvalue weighted by atomic mass is 10.1. The highest BCUT2D eigenvalue weighted by Gasteiger charge is 2.24. The van der Waals surface area contributed by atoms with Crippen molar-refractivity contribution in [2.24, 2.45) is 0 Å². The number of carbonyl (C=O) groups excluding carboxylic acids is 1. The summed E-state index contributed by atoms with van der Waals surface area (Å²) in [5, 5.41) is 5.23. The lowest BCUT2D eigenvalue weighted by Gasteiger charge is -2.26. The molecule has 1 unspecified atom stereocenters. The highest BCUT2D eigenvalue weighted by molar-refractivity contribution is 7.10. The van der Waals surface area contributed by atoms with Crippen LogP contribution in [-0.2, 0) is 11.2 Å². The van der Waals surface area contributed by atoms with Gasteiger partial charge in [-0.2, -0.15) is 0 Å². The summed E-state index contributed by atoms with van der Waals surface area (Å²) in [5.41, 5.74) is 2.21. The second-order valence-corrected chi connectivity index (χ2v) is 8.54. The Morgan fingerprint density at radius 1 is 1.24 bits per heavy atom. The van der Waals surface area contributed by atoms with Crippen molar-refractivity contribution in [1.82, 2.24) is 15.2 Å². The molecule has 1 saturated heterocycles. The molecule has 3 aromatic rings. The smallest absolute Gasteiger partial charge is 0.220 e. The number of hydrogen-bond donors (Lipinski definition) is 1. The Bertz CT molecular complexity index is 912. The number of carbonyl (C=O) groups is 1. The summed E-state index contributed by atoms with van der Waals surface area (Å²) < 4.78 is 5.83. The molecule has 4 rings (SSSR count). The fourth-order valence-corrected chi connectivity index (χ4v) is 4.60. The summed E-state index contributed by atoms with van der Waals surface area (Å²) in [6.45, 7) is 4.92. The zero-order chi connectivity index (χ0) is 20.1. The van der Waals surface area contributed by atoms with E-state index in [2.05, 4.69) is 51.8 Å². The molecular weight excluding hydrogens is 382 g/mol. The third kappa shape index (κ3) is 5.14. The number of nitrogens with one attached hydrogen (secondary N) is 1. The van der Waals surface area contributed by atoms with E-state index in [1.54, 1.807) is 17.5 Å². The van der Waals surface area contributed by atoms with Crippen LogP contribution in [-0.4, -0.2) is 35.4 Å². The topological polar surface area (TPSA) is 58.4 Å². The molecular formula is C23H27N3O2S. The minimum atomic E-state index is 0.0424. The predicted octanol–water partition coefficient (Wildman–Crippen LogP) is 4.60. The Morgan fingerprint density at radius 2 is 2.03 bits per heavy atom. The summed E-state index contributed by atoms with van der Waals surface area (Å²) in [6, 6.07) is 12.7. The largest absolute Gasteiger partial charge is 0.441 e. The molecule has 1 atom stereocenters. The lowest BCUT2D eigenvalue weighted by molar-refractivity contribution is -0.121. The van der Waals surface area contributed by atoms with Crippen molar-refractivity contribution in [2.45, 2.75) is 38.6 Å². The standard InChI is InChI=1S/C23H27N3O2S/c1-17-6-8-18(9-7-17)20-16-25-23(28-20)11-10-22(27)24-15-19(21-5-4-14-29-21)26-12-2-3-13-26/h4-9,14,16,19H,2-3,10-13,15H2,1H3,(H,24,27). The van der Waals surface area contributed by atoms with Crippen molar-refractivity contribution in [3.63, 3.8) is 0 Å². The summed E-state index contributed by atoms with van der Waals surface area (Å²) in [5.74, 6) is 1.39. The molecule has 1 N–H and O–H groups in total. The van der Waals surface area contributed by atoms with Crippen LogP contribution in [0.3, 0.4) is 0 Å². The zero-order valence-electron chi connectivity index (χ0n) is 16.8. The maximum atomic E-state index is 12.4. The van der Waals surface area contributed by atoms with E-state index in [1.165, 1.54) is 23.3 Å². The Morgan fingerprint density at radius 3 is 2.76 bits per heavy atom. The number of thiophene rings is 1. The first-order valence-electron chi connectivity index (χ1n) is 10.2. The van der Waals surface area contributed by atoms with Gasteiger partial charge in [0.25, 0.3) is 0 Å².